The van der Waals surface area contributed by atoms with E-state index in [0.717, 1.165) is 38.0 Å². The van der Waals surface area contributed by atoms with Crippen LogP contribution in [0.3, 0.4) is 0 Å². The van der Waals surface area contributed by atoms with Crippen molar-refractivity contribution in [1.82, 2.24) is 4.90 Å². The maximum atomic E-state index is 14.3. The topological polar surface area (TPSA) is 3.24 Å². The minimum Gasteiger partial charge on any atom is -0.299 e. The average molecular weight is 311 g/mol. The molecule has 0 amide bonds. The van der Waals surface area contributed by atoms with Gasteiger partial charge in [-0.15, -0.1) is 0 Å². The summed E-state index contributed by atoms with van der Waals surface area (Å²) in [7, 11) is 0. The second kappa shape index (κ2) is 8.26. The minimum absolute atomic E-state index is 0.542. The molecule has 1 nitrogen and oxygen atoms in total. The molecule has 0 bridgehead atoms. The molecule has 1 saturated heterocycles. The zero-order valence-electron chi connectivity index (χ0n) is 13.7. The van der Waals surface area contributed by atoms with Crippen molar-refractivity contribution in [2.45, 2.75) is 38.4 Å². The van der Waals surface area contributed by atoms with Gasteiger partial charge in [-0.2, -0.15) is 0 Å². The van der Waals surface area contributed by atoms with Crippen molar-refractivity contribution in [3.63, 3.8) is 0 Å². The van der Waals surface area contributed by atoms with Crippen LogP contribution in [0.25, 0.3) is 0 Å². The first-order valence-electron chi connectivity index (χ1n) is 8.74. The number of hydrogen-bond donors (Lipinski definition) is 0. The Morgan fingerprint density at radius 2 is 1.43 bits per heavy atom. The Kier molecular flexibility index (Phi) is 5.82. The Morgan fingerprint density at radius 1 is 0.870 bits per heavy atom. The molecule has 0 saturated carbocycles. The molecule has 1 heterocycles. The quantitative estimate of drug-likeness (QED) is 0.735. The smallest absolute Gasteiger partial charge is 0.104 e. The van der Waals surface area contributed by atoms with Gasteiger partial charge in [-0.1, -0.05) is 60.7 Å². The van der Waals surface area contributed by atoms with Crippen LogP contribution in [-0.4, -0.2) is 24.2 Å². The molecule has 0 N–H and O–H groups in total. The second-order valence-corrected chi connectivity index (χ2v) is 6.73. The van der Waals surface area contributed by atoms with Crippen LogP contribution in [0, 0.1) is 5.92 Å². The van der Waals surface area contributed by atoms with Gasteiger partial charge in [-0.05, 0) is 49.4 Å². The molecule has 1 unspecified atom stereocenters. The first-order valence-corrected chi connectivity index (χ1v) is 8.74. The van der Waals surface area contributed by atoms with E-state index in [-0.39, 0.29) is 0 Å². The van der Waals surface area contributed by atoms with Crippen molar-refractivity contribution in [3.05, 3.63) is 71.8 Å². The van der Waals surface area contributed by atoms with Crippen LogP contribution < -0.4 is 0 Å². The van der Waals surface area contributed by atoms with E-state index in [9.17, 15) is 4.39 Å². The van der Waals surface area contributed by atoms with Crippen molar-refractivity contribution in [3.8, 4) is 0 Å². The summed E-state index contributed by atoms with van der Waals surface area (Å²) in [5.74, 6) is 0.542. The lowest BCUT2D eigenvalue weighted by Crippen LogP contribution is -2.34. The first kappa shape index (κ1) is 16.2. The summed E-state index contributed by atoms with van der Waals surface area (Å²) < 4.78 is 14.3. The molecule has 2 aromatic rings. The number of likely N-dealkylation sites (tertiary alicyclic amines) is 1. The van der Waals surface area contributed by atoms with Crippen LogP contribution in [0.4, 0.5) is 4.39 Å². The first-order chi connectivity index (χ1) is 11.3. The van der Waals surface area contributed by atoms with Crippen LogP contribution in [0.5, 0.6) is 0 Å². The van der Waals surface area contributed by atoms with E-state index in [1.54, 1.807) is 0 Å². The molecular formula is C21H26FN. The Bertz CT molecular complexity index is 561. The molecule has 122 valence electrons. The normalized spacial score (nSPS) is 18.0. The molecular weight excluding hydrogens is 285 g/mol. The summed E-state index contributed by atoms with van der Waals surface area (Å²) in [6.07, 6.45) is 2.83. The lowest BCUT2D eigenvalue weighted by molar-refractivity contribution is 0.149. The highest BCUT2D eigenvalue weighted by molar-refractivity contribution is 5.16. The lowest BCUT2D eigenvalue weighted by atomic mass is 9.89. The van der Waals surface area contributed by atoms with Crippen LogP contribution in [0.2, 0.25) is 0 Å². The molecule has 2 aromatic carbocycles. The molecule has 1 aliphatic rings. The summed E-state index contributed by atoms with van der Waals surface area (Å²) >= 11 is 0. The van der Waals surface area contributed by atoms with Crippen LogP contribution in [-0.2, 0) is 13.0 Å². The van der Waals surface area contributed by atoms with Crippen LogP contribution >= 0.6 is 0 Å². The fourth-order valence-corrected chi connectivity index (χ4v) is 3.54. The zero-order valence-corrected chi connectivity index (χ0v) is 13.7. The Hall–Kier alpha value is -1.67. The molecule has 2 heteroatoms. The highest BCUT2D eigenvalue weighted by atomic mass is 19.1. The van der Waals surface area contributed by atoms with Crippen molar-refractivity contribution in [1.29, 1.82) is 0 Å². The van der Waals surface area contributed by atoms with E-state index in [1.807, 2.05) is 30.3 Å². The molecule has 0 radical (unpaired) electrons. The summed E-state index contributed by atoms with van der Waals surface area (Å²) in [6.45, 7) is 3.21. The molecule has 3 rings (SSSR count). The monoisotopic (exact) mass is 311 g/mol. The molecule has 1 aliphatic heterocycles. The molecule has 1 fully saturated rings. The third-order valence-electron chi connectivity index (χ3n) is 4.85. The molecule has 23 heavy (non-hydrogen) atoms. The van der Waals surface area contributed by atoms with E-state index in [2.05, 4.69) is 35.2 Å². The molecule has 0 spiro atoms. The van der Waals surface area contributed by atoms with E-state index in [4.69, 9.17) is 0 Å². The number of halogens is 1. The van der Waals surface area contributed by atoms with Gasteiger partial charge in [-0.25, -0.2) is 4.39 Å². The SMILES string of the molecule is FC(Cc1ccccc1)CC1CCN(Cc2ccccc2)CC1. The maximum Gasteiger partial charge on any atom is 0.104 e. The predicted molar refractivity (Wildman–Crippen MR) is 94.1 cm³/mol. The molecule has 1 atom stereocenters. The van der Waals surface area contributed by atoms with Crippen LogP contribution in [0.15, 0.2) is 60.7 Å². The Balaban J connectivity index is 1.40. The van der Waals surface area contributed by atoms with Crippen molar-refractivity contribution in [2.75, 3.05) is 13.1 Å². The third kappa shape index (κ3) is 5.18. The lowest BCUT2D eigenvalue weighted by Gasteiger charge is -2.32. The number of alkyl halides is 1. The minimum atomic E-state index is -0.705. The number of piperidine rings is 1. The molecule has 0 aromatic heterocycles. The summed E-state index contributed by atoms with van der Waals surface area (Å²) in [6, 6.07) is 20.6. The highest BCUT2D eigenvalue weighted by Gasteiger charge is 2.22. The average Bonchev–Trinajstić information content (AvgIpc) is 2.58. The van der Waals surface area contributed by atoms with E-state index in [1.165, 1.54) is 5.56 Å². The number of nitrogens with zero attached hydrogens (tertiary/aromatic N) is 1. The van der Waals surface area contributed by atoms with Gasteiger partial charge in [0.25, 0.3) is 0 Å². The predicted octanol–water partition coefficient (Wildman–Crippen LogP) is 4.87. The molecule has 0 aliphatic carbocycles. The number of rotatable bonds is 6. The Morgan fingerprint density at radius 3 is 2.04 bits per heavy atom. The van der Waals surface area contributed by atoms with Crippen molar-refractivity contribution < 1.29 is 4.39 Å². The van der Waals surface area contributed by atoms with E-state index < -0.39 is 6.17 Å². The fraction of sp³-hybridized carbons (Fsp3) is 0.429. The van der Waals surface area contributed by atoms with Crippen LogP contribution in [0.1, 0.15) is 30.4 Å². The zero-order chi connectivity index (χ0) is 15.9. The summed E-state index contributed by atoms with van der Waals surface area (Å²) in [5.41, 5.74) is 2.49. The summed E-state index contributed by atoms with van der Waals surface area (Å²) in [4.78, 5) is 2.50. The van der Waals surface area contributed by atoms with E-state index >= 15 is 0 Å². The van der Waals surface area contributed by atoms with Gasteiger partial charge in [0.15, 0.2) is 0 Å². The second-order valence-electron chi connectivity index (χ2n) is 6.73. The van der Waals surface area contributed by atoms with Gasteiger partial charge >= 0.3 is 0 Å². The van der Waals surface area contributed by atoms with Gasteiger partial charge in [0.05, 0.1) is 0 Å². The largest absolute Gasteiger partial charge is 0.299 e. The van der Waals surface area contributed by atoms with Gasteiger partial charge in [0, 0.05) is 13.0 Å². The number of hydrogen-bond acceptors (Lipinski definition) is 1. The third-order valence-corrected chi connectivity index (χ3v) is 4.85. The van der Waals surface area contributed by atoms with Gasteiger partial charge in [0.1, 0.15) is 6.17 Å². The fourth-order valence-electron chi connectivity index (χ4n) is 3.54. The standard InChI is InChI=1S/C21H26FN/c22-21(15-18-7-3-1-4-8-18)16-19-11-13-23(14-12-19)17-20-9-5-2-6-10-20/h1-10,19,21H,11-17H2. The Labute approximate surface area is 139 Å². The highest BCUT2D eigenvalue weighted by Crippen LogP contribution is 2.25. The summed E-state index contributed by atoms with van der Waals surface area (Å²) in [5, 5.41) is 0. The van der Waals surface area contributed by atoms with Gasteiger partial charge in [0.2, 0.25) is 0 Å². The van der Waals surface area contributed by atoms with E-state index in [0.29, 0.717) is 18.8 Å². The van der Waals surface area contributed by atoms with Gasteiger partial charge in [-0.3, -0.25) is 4.90 Å². The maximum absolute atomic E-state index is 14.3. The van der Waals surface area contributed by atoms with Gasteiger partial charge < -0.3 is 0 Å². The van der Waals surface area contributed by atoms with Crippen molar-refractivity contribution >= 4 is 0 Å². The number of benzene rings is 2. The van der Waals surface area contributed by atoms with Crippen molar-refractivity contribution in [2.24, 2.45) is 5.92 Å².